The largest absolute Gasteiger partial charge is 0.455 e. The van der Waals surface area contributed by atoms with Crippen LogP contribution in [-0.2, 0) is 18.6 Å². The molecule has 3 rings (SSSR count). The van der Waals surface area contributed by atoms with E-state index in [1.165, 1.54) is 0 Å². The van der Waals surface area contributed by atoms with Crippen LogP contribution in [0.15, 0.2) is 91.0 Å². The average Bonchev–Trinajstić information content (AvgIpc) is 2.98. The van der Waals surface area contributed by atoms with E-state index in [9.17, 15) is 19.5 Å². The minimum atomic E-state index is -2.37. The Balaban J connectivity index is 2.03. The number of carbonyl (C=O) groups is 3. The molecule has 42 heavy (non-hydrogen) atoms. The van der Waals surface area contributed by atoms with Gasteiger partial charge in [0.25, 0.3) is 0 Å². The molecule has 0 aromatic heterocycles. The second-order valence-electron chi connectivity index (χ2n) is 11.4. The summed E-state index contributed by atoms with van der Waals surface area (Å²) in [6.07, 6.45) is -3.70. The molecule has 0 aliphatic rings. The van der Waals surface area contributed by atoms with Gasteiger partial charge in [0.2, 0.25) is 0 Å². The van der Waals surface area contributed by atoms with Crippen LogP contribution in [0, 0.1) is 0 Å². The lowest BCUT2D eigenvalue weighted by molar-refractivity contribution is -0.102. The van der Waals surface area contributed by atoms with Gasteiger partial charge in [0.15, 0.2) is 20.5 Å². The molecule has 0 heterocycles. The number of esters is 3. The smallest absolute Gasteiger partial charge is 0.338 e. The van der Waals surface area contributed by atoms with Crippen LogP contribution in [-0.4, -0.2) is 62.9 Å². The van der Waals surface area contributed by atoms with Crippen LogP contribution in [0.1, 0.15) is 58.3 Å². The molecule has 224 valence electrons. The molecule has 0 aliphatic heterocycles. The van der Waals surface area contributed by atoms with Crippen molar-refractivity contribution in [2.24, 2.45) is 0 Å². The standard InChI is InChI=1S/C33H40O8Si/c1-33(2,3)42(4,5)38-23-28(40-31(36)25-17-11-7-12-18-25)29(41-32(37)26-19-13-8-14-20-26)27(21-22-34)39-30(35)24-15-9-6-10-16-24/h6-20,27-29,34H,21-23H2,1-5H3/t27-,28-,29+/m1/s1. The van der Waals surface area contributed by atoms with E-state index in [2.05, 4.69) is 33.9 Å². The summed E-state index contributed by atoms with van der Waals surface area (Å²) >= 11 is 0. The molecular weight excluding hydrogens is 552 g/mol. The topological polar surface area (TPSA) is 108 Å². The highest BCUT2D eigenvalue weighted by Crippen LogP contribution is 2.37. The van der Waals surface area contributed by atoms with Crippen LogP contribution in [0.5, 0.6) is 0 Å². The third-order valence-corrected chi connectivity index (χ3v) is 11.9. The van der Waals surface area contributed by atoms with E-state index in [1.807, 2.05) is 0 Å². The number of aliphatic hydroxyl groups excluding tert-OH is 1. The van der Waals surface area contributed by atoms with Gasteiger partial charge in [0, 0.05) is 13.0 Å². The van der Waals surface area contributed by atoms with Crippen LogP contribution in [0.4, 0.5) is 0 Å². The number of carbonyl (C=O) groups excluding carboxylic acids is 3. The third kappa shape index (κ3) is 9.11. The maximum absolute atomic E-state index is 13.3. The molecule has 0 saturated heterocycles. The van der Waals surface area contributed by atoms with Gasteiger partial charge in [-0.2, -0.15) is 0 Å². The number of aliphatic hydroxyl groups is 1. The van der Waals surface area contributed by atoms with Gasteiger partial charge in [-0.25, -0.2) is 14.4 Å². The minimum Gasteiger partial charge on any atom is -0.455 e. The normalized spacial score (nSPS) is 13.9. The predicted octanol–water partition coefficient (Wildman–Crippen LogP) is 6.07. The monoisotopic (exact) mass is 592 g/mol. The molecule has 1 N–H and O–H groups in total. The fourth-order valence-electron chi connectivity index (χ4n) is 3.84. The molecule has 9 heteroatoms. The number of benzene rings is 3. The van der Waals surface area contributed by atoms with E-state index in [1.54, 1.807) is 91.0 Å². The van der Waals surface area contributed by atoms with Crippen molar-refractivity contribution in [1.82, 2.24) is 0 Å². The Morgan fingerprint density at radius 1 is 0.667 bits per heavy atom. The van der Waals surface area contributed by atoms with Gasteiger partial charge in [-0.15, -0.1) is 0 Å². The first-order valence-electron chi connectivity index (χ1n) is 14.0. The SMILES string of the molecule is CC(C)(C)[Si](C)(C)OC[C@@H](OC(=O)c1ccccc1)[C@@H](OC(=O)c1ccccc1)[C@@H](CCO)OC(=O)c1ccccc1. The quantitative estimate of drug-likeness (QED) is 0.145. The Morgan fingerprint density at radius 2 is 1.05 bits per heavy atom. The molecule has 3 aromatic rings. The molecule has 0 spiro atoms. The molecule has 0 amide bonds. The van der Waals surface area contributed by atoms with Crippen molar-refractivity contribution >= 4 is 26.2 Å². The first-order valence-corrected chi connectivity index (χ1v) is 16.9. The Hall–Kier alpha value is -3.79. The van der Waals surface area contributed by atoms with E-state index in [4.69, 9.17) is 18.6 Å². The van der Waals surface area contributed by atoms with Crippen molar-refractivity contribution in [2.75, 3.05) is 13.2 Å². The summed E-state index contributed by atoms with van der Waals surface area (Å²) in [5.41, 5.74) is 0.838. The summed E-state index contributed by atoms with van der Waals surface area (Å²) in [5.74, 6) is -2.03. The fraction of sp³-hybridized carbons (Fsp3) is 0.364. The van der Waals surface area contributed by atoms with E-state index in [0.717, 1.165) is 0 Å². The third-order valence-electron chi connectivity index (χ3n) is 7.35. The van der Waals surface area contributed by atoms with Crippen molar-refractivity contribution in [1.29, 1.82) is 0 Å². The lowest BCUT2D eigenvalue weighted by atomic mass is 10.0. The average molecular weight is 593 g/mol. The van der Waals surface area contributed by atoms with Crippen molar-refractivity contribution in [2.45, 2.75) is 63.6 Å². The molecule has 0 bridgehead atoms. The Kier molecular flexibility index (Phi) is 11.6. The van der Waals surface area contributed by atoms with Gasteiger partial charge in [-0.1, -0.05) is 75.4 Å². The van der Waals surface area contributed by atoms with Crippen LogP contribution in [0.3, 0.4) is 0 Å². The van der Waals surface area contributed by atoms with E-state index >= 15 is 0 Å². The molecular formula is C33H40O8Si. The van der Waals surface area contributed by atoms with Gasteiger partial charge in [-0.3, -0.25) is 0 Å². The molecule has 0 radical (unpaired) electrons. The lowest BCUT2D eigenvalue weighted by Gasteiger charge is -2.39. The zero-order valence-corrected chi connectivity index (χ0v) is 25.8. The Labute approximate surface area is 248 Å². The molecule has 0 aliphatic carbocycles. The number of rotatable bonds is 13. The van der Waals surface area contributed by atoms with Crippen LogP contribution in [0.25, 0.3) is 0 Å². The number of hydrogen-bond donors (Lipinski definition) is 1. The second kappa shape index (κ2) is 14.9. The minimum absolute atomic E-state index is 0.0786. The lowest BCUT2D eigenvalue weighted by Crippen LogP contribution is -2.51. The molecule has 3 atom stereocenters. The molecule has 0 saturated carbocycles. The van der Waals surface area contributed by atoms with E-state index < -0.39 is 44.5 Å². The second-order valence-corrected chi connectivity index (χ2v) is 16.2. The predicted molar refractivity (Wildman–Crippen MR) is 162 cm³/mol. The molecule has 0 fully saturated rings. The highest BCUT2D eigenvalue weighted by Gasteiger charge is 2.43. The van der Waals surface area contributed by atoms with Gasteiger partial charge in [0.1, 0.15) is 6.10 Å². The summed E-state index contributed by atoms with van der Waals surface area (Å²) in [5, 5.41) is 9.80. The maximum Gasteiger partial charge on any atom is 0.338 e. The van der Waals surface area contributed by atoms with Crippen molar-refractivity contribution in [3.05, 3.63) is 108 Å². The van der Waals surface area contributed by atoms with Crippen molar-refractivity contribution in [3.63, 3.8) is 0 Å². The van der Waals surface area contributed by atoms with Crippen LogP contribution in [0.2, 0.25) is 18.1 Å². The first-order chi connectivity index (χ1) is 19.9. The fourth-order valence-corrected chi connectivity index (χ4v) is 4.85. The summed E-state index contributed by atoms with van der Waals surface area (Å²) in [4.78, 5) is 39.8. The number of hydrogen-bond acceptors (Lipinski definition) is 8. The summed E-state index contributed by atoms with van der Waals surface area (Å²) in [6, 6.07) is 25.1. The summed E-state index contributed by atoms with van der Waals surface area (Å²) < 4.78 is 24.2. The van der Waals surface area contributed by atoms with Gasteiger partial charge in [0.05, 0.1) is 23.3 Å². The first kappa shape index (κ1) is 32.7. The van der Waals surface area contributed by atoms with Gasteiger partial charge >= 0.3 is 17.9 Å². The summed E-state index contributed by atoms with van der Waals surface area (Å²) in [7, 11) is -2.37. The van der Waals surface area contributed by atoms with E-state index in [-0.39, 0.29) is 35.8 Å². The molecule has 0 unspecified atom stereocenters. The van der Waals surface area contributed by atoms with Crippen LogP contribution >= 0.6 is 0 Å². The van der Waals surface area contributed by atoms with Gasteiger partial charge in [-0.05, 0) is 54.5 Å². The Morgan fingerprint density at radius 3 is 1.43 bits per heavy atom. The van der Waals surface area contributed by atoms with Crippen molar-refractivity contribution in [3.8, 4) is 0 Å². The van der Waals surface area contributed by atoms with E-state index in [0.29, 0.717) is 5.56 Å². The summed E-state index contributed by atoms with van der Waals surface area (Å²) in [6.45, 7) is 9.83. The highest BCUT2D eigenvalue weighted by molar-refractivity contribution is 6.74. The van der Waals surface area contributed by atoms with Gasteiger partial charge < -0.3 is 23.7 Å². The van der Waals surface area contributed by atoms with Crippen molar-refractivity contribution < 1.29 is 38.1 Å². The highest BCUT2D eigenvalue weighted by atomic mass is 28.4. The maximum atomic E-state index is 13.3. The molecule has 3 aromatic carbocycles. The zero-order chi connectivity index (χ0) is 30.8. The van der Waals surface area contributed by atoms with Crippen LogP contribution < -0.4 is 0 Å². The molecule has 8 nitrogen and oxygen atoms in total. The number of ether oxygens (including phenoxy) is 3. The zero-order valence-electron chi connectivity index (χ0n) is 24.8. The Bertz CT molecular complexity index is 1290.